The van der Waals surface area contributed by atoms with Crippen LogP contribution in [0.1, 0.15) is 29.8 Å². The summed E-state index contributed by atoms with van der Waals surface area (Å²) in [4.78, 5) is 29.9. The zero-order valence-corrected chi connectivity index (χ0v) is 14.0. The van der Waals surface area contributed by atoms with Gasteiger partial charge in [0.1, 0.15) is 5.56 Å². The van der Waals surface area contributed by atoms with E-state index in [2.05, 4.69) is 4.98 Å². The zero-order chi connectivity index (χ0) is 17.3. The van der Waals surface area contributed by atoms with Crippen LogP contribution in [-0.2, 0) is 0 Å². The van der Waals surface area contributed by atoms with Gasteiger partial charge in [-0.15, -0.1) is 0 Å². The van der Waals surface area contributed by atoms with Crippen molar-refractivity contribution in [1.82, 2.24) is 4.98 Å². The van der Waals surface area contributed by atoms with Gasteiger partial charge in [0.05, 0.1) is 0 Å². The Labute approximate surface area is 140 Å². The number of para-hydroxylation sites is 1. The molecule has 0 unspecified atom stereocenters. The molecule has 24 heavy (non-hydrogen) atoms. The molecule has 1 amide bonds. The summed E-state index contributed by atoms with van der Waals surface area (Å²) in [5.74, 6) is -0.291. The number of carbonyl (C=O) groups is 1. The fraction of sp³-hybridized carbons (Fsp3) is 0.200. The van der Waals surface area contributed by atoms with E-state index in [9.17, 15) is 9.59 Å². The lowest BCUT2D eigenvalue weighted by atomic mass is 10.1. The van der Waals surface area contributed by atoms with E-state index in [-0.39, 0.29) is 23.1 Å². The Kier molecular flexibility index (Phi) is 4.21. The molecule has 0 saturated carbocycles. The standard InChI is InChI=1S/C20H20N2O2/c1-13(2)22(16-10-8-14(3)9-11-16)20(24)17-12-15-6-4-5-7-18(15)21-19(17)23/h4-13H,1-3H3,(H,21,23). The highest BCUT2D eigenvalue weighted by Gasteiger charge is 2.23. The molecule has 0 aliphatic heterocycles. The highest BCUT2D eigenvalue weighted by atomic mass is 16.2. The van der Waals surface area contributed by atoms with Crippen LogP contribution in [0.2, 0.25) is 0 Å². The Hall–Kier alpha value is -2.88. The summed E-state index contributed by atoms with van der Waals surface area (Å²) in [5, 5.41) is 0.841. The van der Waals surface area contributed by atoms with Crippen LogP contribution < -0.4 is 10.5 Å². The van der Waals surface area contributed by atoms with Crippen LogP contribution in [0.25, 0.3) is 10.9 Å². The Morgan fingerprint density at radius 1 is 1.04 bits per heavy atom. The van der Waals surface area contributed by atoms with Crippen LogP contribution >= 0.6 is 0 Å². The number of anilines is 1. The Balaban J connectivity index is 2.09. The van der Waals surface area contributed by atoms with Crippen molar-refractivity contribution >= 4 is 22.5 Å². The fourth-order valence-corrected chi connectivity index (χ4v) is 2.79. The first kappa shape index (κ1) is 16.0. The number of nitrogens with zero attached hydrogens (tertiary/aromatic N) is 1. The smallest absolute Gasteiger partial charge is 0.264 e. The summed E-state index contributed by atoms with van der Waals surface area (Å²) in [6, 6.07) is 16.8. The Morgan fingerprint density at radius 2 is 1.71 bits per heavy atom. The highest BCUT2D eigenvalue weighted by Crippen LogP contribution is 2.21. The third-order valence-corrected chi connectivity index (χ3v) is 4.03. The maximum absolute atomic E-state index is 13.0. The number of aryl methyl sites for hydroxylation is 1. The quantitative estimate of drug-likeness (QED) is 0.796. The molecule has 0 saturated heterocycles. The molecule has 3 rings (SSSR count). The lowest BCUT2D eigenvalue weighted by Crippen LogP contribution is -2.39. The molecule has 1 N–H and O–H groups in total. The summed E-state index contributed by atoms with van der Waals surface area (Å²) in [5.41, 5.74) is 2.43. The van der Waals surface area contributed by atoms with E-state index in [4.69, 9.17) is 0 Å². The normalized spacial score (nSPS) is 11.0. The highest BCUT2D eigenvalue weighted by molar-refractivity contribution is 6.07. The summed E-state index contributed by atoms with van der Waals surface area (Å²) < 4.78 is 0. The molecule has 1 heterocycles. The number of rotatable bonds is 3. The summed E-state index contributed by atoms with van der Waals surface area (Å²) in [7, 11) is 0. The van der Waals surface area contributed by atoms with Gasteiger partial charge in [-0.1, -0.05) is 35.9 Å². The Morgan fingerprint density at radius 3 is 2.38 bits per heavy atom. The first-order valence-corrected chi connectivity index (χ1v) is 7.99. The second-order valence-electron chi connectivity index (χ2n) is 6.20. The number of amides is 1. The average molecular weight is 320 g/mol. The van der Waals surface area contributed by atoms with E-state index in [0.29, 0.717) is 0 Å². The lowest BCUT2D eigenvalue weighted by molar-refractivity contribution is 0.0979. The number of hydrogen-bond acceptors (Lipinski definition) is 2. The minimum atomic E-state index is -0.364. The zero-order valence-electron chi connectivity index (χ0n) is 14.0. The first-order valence-electron chi connectivity index (χ1n) is 7.99. The van der Waals surface area contributed by atoms with Crippen LogP contribution in [0.3, 0.4) is 0 Å². The predicted octanol–water partition coefficient (Wildman–Crippen LogP) is 3.89. The van der Waals surface area contributed by atoms with Crippen molar-refractivity contribution in [3.63, 3.8) is 0 Å². The second-order valence-corrected chi connectivity index (χ2v) is 6.20. The number of nitrogens with one attached hydrogen (secondary N) is 1. The maximum Gasteiger partial charge on any atom is 0.264 e. The summed E-state index contributed by atoms with van der Waals surface area (Å²) >= 11 is 0. The molecule has 122 valence electrons. The molecule has 1 aromatic heterocycles. The van der Waals surface area contributed by atoms with Crippen molar-refractivity contribution in [3.05, 3.63) is 76.1 Å². The number of benzene rings is 2. The number of pyridine rings is 1. The molecule has 0 fully saturated rings. The van der Waals surface area contributed by atoms with E-state index >= 15 is 0 Å². The molecule has 0 aliphatic rings. The van der Waals surface area contributed by atoms with Gasteiger partial charge in [-0.3, -0.25) is 9.59 Å². The van der Waals surface area contributed by atoms with Crippen LogP contribution in [0, 0.1) is 6.92 Å². The predicted molar refractivity (Wildman–Crippen MR) is 97.7 cm³/mol. The van der Waals surface area contributed by atoms with Crippen molar-refractivity contribution < 1.29 is 4.79 Å². The monoisotopic (exact) mass is 320 g/mol. The van der Waals surface area contributed by atoms with E-state index in [1.54, 1.807) is 11.0 Å². The third-order valence-electron chi connectivity index (χ3n) is 4.03. The molecule has 3 aromatic rings. The van der Waals surface area contributed by atoms with E-state index in [1.165, 1.54) is 0 Å². The van der Waals surface area contributed by atoms with Crippen LogP contribution in [0.4, 0.5) is 5.69 Å². The van der Waals surface area contributed by atoms with E-state index in [1.807, 2.05) is 69.3 Å². The van der Waals surface area contributed by atoms with E-state index in [0.717, 1.165) is 22.2 Å². The van der Waals surface area contributed by atoms with Gasteiger partial charge in [0.2, 0.25) is 0 Å². The first-order chi connectivity index (χ1) is 11.5. The minimum absolute atomic E-state index is 0.0638. The number of aromatic amines is 1. The molecular weight excluding hydrogens is 300 g/mol. The van der Waals surface area contributed by atoms with Gasteiger partial charge in [0, 0.05) is 17.2 Å². The number of aromatic nitrogens is 1. The van der Waals surface area contributed by atoms with Gasteiger partial charge in [-0.2, -0.15) is 0 Å². The molecule has 0 radical (unpaired) electrons. The topological polar surface area (TPSA) is 53.2 Å². The third kappa shape index (κ3) is 2.95. The Bertz CT molecular complexity index is 940. The van der Waals surface area contributed by atoms with Gasteiger partial charge >= 0.3 is 0 Å². The maximum atomic E-state index is 13.0. The molecule has 0 atom stereocenters. The van der Waals surface area contributed by atoms with Crippen molar-refractivity contribution in [1.29, 1.82) is 0 Å². The number of carbonyl (C=O) groups excluding carboxylic acids is 1. The fourth-order valence-electron chi connectivity index (χ4n) is 2.79. The van der Waals surface area contributed by atoms with E-state index < -0.39 is 0 Å². The largest absolute Gasteiger partial charge is 0.321 e. The summed E-state index contributed by atoms with van der Waals surface area (Å²) in [6.45, 7) is 5.87. The number of hydrogen-bond donors (Lipinski definition) is 1. The van der Waals surface area contributed by atoms with Gasteiger partial charge in [0.15, 0.2) is 0 Å². The van der Waals surface area contributed by atoms with Crippen molar-refractivity contribution in [2.45, 2.75) is 26.8 Å². The SMILES string of the molecule is Cc1ccc(N(C(=O)c2cc3ccccc3[nH]c2=O)C(C)C)cc1. The van der Waals surface area contributed by atoms with Gasteiger partial charge in [0.25, 0.3) is 11.5 Å². The molecule has 4 heteroatoms. The minimum Gasteiger partial charge on any atom is -0.321 e. The number of H-pyrrole nitrogens is 1. The van der Waals surface area contributed by atoms with Crippen molar-refractivity contribution in [2.75, 3.05) is 4.90 Å². The molecule has 4 nitrogen and oxygen atoms in total. The van der Waals surface area contributed by atoms with Crippen LogP contribution in [-0.4, -0.2) is 16.9 Å². The van der Waals surface area contributed by atoms with Gasteiger partial charge < -0.3 is 9.88 Å². The van der Waals surface area contributed by atoms with Gasteiger partial charge in [-0.25, -0.2) is 0 Å². The summed E-state index contributed by atoms with van der Waals surface area (Å²) in [6.07, 6.45) is 0. The second kappa shape index (κ2) is 6.32. The molecule has 0 aliphatic carbocycles. The lowest BCUT2D eigenvalue weighted by Gasteiger charge is -2.27. The van der Waals surface area contributed by atoms with Crippen LogP contribution in [0.5, 0.6) is 0 Å². The van der Waals surface area contributed by atoms with Crippen LogP contribution in [0.15, 0.2) is 59.4 Å². The molecule has 0 bridgehead atoms. The molecule has 2 aromatic carbocycles. The molecular formula is C20H20N2O2. The van der Waals surface area contributed by atoms with Crippen molar-refractivity contribution in [3.8, 4) is 0 Å². The van der Waals surface area contributed by atoms with Gasteiger partial charge in [-0.05, 0) is 50.4 Å². The molecule has 0 spiro atoms. The van der Waals surface area contributed by atoms with Crippen molar-refractivity contribution in [2.24, 2.45) is 0 Å². The number of fused-ring (bicyclic) bond motifs is 1. The average Bonchev–Trinajstić information content (AvgIpc) is 2.55.